The summed E-state index contributed by atoms with van der Waals surface area (Å²) in [6.45, 7) is 3.93. The summed E-state index contributed by atoms with van der Waals surface area (Å²) in [7, 11) is 0. The second-order valence-corrected chi connectivity index (χ2v) is 6.24. The first-order chi connectivity index (χ1) is 11.6. The average Bonchev–Trinajstić information content (AvgIpc) is 2.86. The normalized spacial score (nSPS) is 12.7. The molecule has 5 nitrogen and oxygen atoms in total. The molecule has 0 aliphatic carbocycles. The van der Waals surface area contributed by atoms with E-state index in [0.717, 1.165) is 6.07 Å². The summed E-state index contributed by atoms with van der Waals surface area (Å²) < 4.78 is 39.3. The highest BCUT2D eigenvalue weighted by Gasteiger charge is 2.34. The summed E-state index contributed by atoms with van der Waals surface area (Å²) in [6.07, 6.45) is -4.46. The third-order valence-electron chi connectivity index (χ3n) is 3.45. The van der Waals surface area contributed by atoms with E-state index in [1.807, 2.05) is 6.92 Å². The Kier molecular flexibility index (Phi) is 5.94. The van der Waals surface area contributed by atoms with Gasteiger partial charge in [0.15, 0.2) is 5.69 Å². The molecule has 0 radical (unpaired) electrons. The smallest absolute Gasteiger partial charge is 0.338 e. The predicted octanol–water partition coefficient (Wildman–Crippen LogP) is 4.32. The molecular formula is C16H18ClF3N4O. The van der Waals surface area contributed by atoms with Gasteiger partial charge >= 0.3 is 12.2 Å². The van der Waals surface area contributed by atoms with E-state index in [9.17, 15) is 18.0 Å². The lowest BCUT2D eigenvalue weighted by Gasteiger charge is -2.14. The second-order valence-electron chi connectivity index (χ2n) is 5.80. The molecule has 0 spiro atoms. The van der Waals surface area contributed by atoms with Gasteiger partial charge < -0.3 is 10.6 Å². The molecule has 2 N–H and O–H groups in total. The highest BCUT2D eigenvalue weighted by atomic mass is 35.5. The number of halogens is 4. The first-order valence-electron chi connectivity index (χ1n) is 7.57. The Balaban J connectivity index is 1.85. The van der Waals surface area contributed by atoms with Gasteiger partial charge in [-0.05, 0) is 37.1 Å². The number of rotatable bonds is 5. The number of alkyl halides is 3. The Morgan fingerprint density at radius 1 is 1.36 bits per heavy atom. The Bertz CT molecular complexity index is 745. The van der Waals surface area contributed by atoms with Crippen LogP contribution in [0.1, 0.15) is 18.3 Å². The van der Waals surface area contributed by atoms with Crippen LogP contribution in [-0.2, 0) is 12.7 Å². The number of hydrogen-bond donors (Lipinski definition) is 2. The van der Waals surface area contributed by atoms with Gasteiger partial charge in [0.05, 0.1) is 0 Å². The van der Waals surface area contributed by atoms with Crippen molar-refractivity contribution in [2.24, 2.45) is 5.92 Å². The Morgan fingerprint density at radius 2 is 2.08 bits per heavy atom. The van der Waals surface area contributed by atoms with E-state index >= 15 is 0 Å². The van der Waals surface area contributed by atoms with Crippen LogP contribution in [0.5, 0.6) is 0 Å². The van der Waals surface area contributed by atoms with E-state index in [2.05, 4.69) is 15.7 Å². The van der Waals surface area contributed by atoms with E-state index in [0.29, 0.717) is 16.4 Å². The first-order valence-corrected chi connectivity index (χ1v) is 7.95. The zero-order valence-corrected chi connectivity index (χ0v) is 14.4. The van der Waals surface area contributed by atoms with Crippen molar-refractivity contribution in [2.45, 2.75) is 26.6 Å². The molecule has 0 bridgehead atoms. The number of carbonyl (C=O) groups excluding carboxylic acids is 1. The molecular weight excluding hydrogens is 357 g/mol. The van der Waals surface area contributed by atoms with Crippen molar-refractivity contribution in [1.29, 1.82) is 0 Å². The van der Waals surface area contributed by atoms with Crippen molar-refractivity contribution >= 4 is 23.3 Å². The third-order valence-corrected chi connectivity index (χ3v) is 3.68. The number of nitrogens with zero attached hydrogens (tertiary/aromatic N) is 2. The van der Waals surface area contributed by atoms with Gasteiger partial charge in [-0.25, -0.2) is 4.79 Å². The Hall–Kier alpha value is -2.22. The van der Waals surface area contributed by atoms with Crippen LogP contribution in [0.4, 0.5) is 23.7 Å². The fourth-order valence-corrected chi connectivity index (χ4v) is 2.39. The number of urea groups is 1. The lowest BCUT2D eigenvalue weighted by Crippen LogP contribution is -2.33. The summed E-state index contributed by atoms with van der Waals surface area (Å²) in [4.78, 5) is 11.8. The zero-order chi connectivity index (χ0) is 18.6. The van der Waals surface area contributed by atoms with Crippen molar-refractivity contribution in [2.75, 3.05) is 11.9 Å². The standard InChI is InChI=1S/C16H18ClF3N4O/c1-10(9-24-11(2)6-14(23-24)16(18,19)20)8-21-15(25)22-13-5-3-4-12(17)7-13/h3-7,10H,8-9H2,1-2H3,(H2,21,22,25). The molecule has 0 fully saturated rings. The summed E-state index contributed by atoms with van der Waals surface area (Å²) in [5.41, 5.74) is 0.0572. The molecule has 1 aromatic carbocycles. The van der Waals surface area contributed by atoms with Gasteiger partial charge in [-0.15, -0.1) is 0 Å². The third kappa shape index (κ3) is 5.67. The van der Waals surface area contributed by atoms with Crippen LogP contribution in [0, 0.1) is 12.8 Å². The molecule has 2 amide bonds. The predicted molar refractivity (Wildman–Crippen MR) is 89.6 cm³/mol. The fourth-order valence-electron chi connectivity index (χ4n) is 2.20. The number of anilines is 1. The van der Waals surface area contributed by atoms with Gasteiger partial charge in [0.2, 0.25) is 0 Å². The molecule has 1 heterocycles. The second kappa shape index (κ2) is 7.77. The monoisotopic (exact) mass is 374 g/mol. The summed E-state index contributed by atoms with van der Waals surface area (Å²) in [5, 5.41) is 9.38. The molecule has 9 heteroatoms. The summed E-state index contributed by atoms with van der Waals surface area (Å²) >= 11 is 5.83. The van der Waals surface area contributed by atoms with E-state index in [1.54, 1.807) is 31.2 Å². The van der Waals surface area contributed by atoms with Crippen LogP contribution in [0.2, 0.25) is 5.02 Å². The van der Waals surface area contributed by atoms with Gasteiger partial charge in [0.1, 0.15) is 0 Å². The number of hydrogen-bond acceptors (Lipinski definition) is 2. The van der Waals surface area contributed by atoms with Crippen LogP contribution in [0.3, 0.4) is 0 Å². The van der Waals surface area contributed by atoms with E-state index in [-0.39, 0.29) is 19.0 Å². The van der Waals surface area contributed by atoms with Gasteiger partial charge in [-0.3, -0.25) is 4.68 Å². The van der Waals surface area contributed by atoms with Crippen molar-refractivity contribution in [3.63, 3.8) is 0 Å². The van der Waals surface area contributed by atoms with Crippen LogP contribution in [0.25, 0.3) is 0 Å². The molecule has 1 atom stereocenters. The number of carbonyl (C=O) groups is 1. The first kappa shape index (κ1) is 19.1. The van der Waals surface area contributed by atoms with E-state index in [4.69, 9.17) is 11.6 Å². The van der Waals surface area contributed by atoms with Gasteiger partial charge in [0, 0.05) is 29.5 Å². The maximum absolute atomic E-state index is 12.7. The highest BCUT2D eigenvalue weighted by molar-refractivity contribution is 6.30. The van der Waals surface area contributed by atoms with Gasteiger partial charge in [-0.1, -0.05) is 24.6 Å². The van der Waals surface area contributed by atoms with E-state index < -0.39 is 17.9 Å². The topological polar surface area (TPSA) is 59.0 Å². The minimum atomic E-state index is -4.46. The summed E-state index contributed by atoms with van der Waals surface area (Å²) in [6, 6.07) is 7.29. The lowest BCUT2D eigenvalue weighted by molar-refractivity contribution is -0.141. The van der Waals surface area contributed by atoms with Crippen LogP contribution in [-0.4, -0.2) is 22.4 Å². The molecule has 136 valence electrons. The molecule has 0 saturated carbocycles. The Morgan fingerprint density at radius 3 is 2.68 bits per heavy atom. The molecule has 0 aliphatic heterocycles. The minimum absolute atomic E-state index is 0.107. The quantitative estimate of drug-likeness (QED) is 0.818. The number of amides is 2. The van der Waals surface area contributed by atoms with Crippen LogP contribution < -0.4 is 10.6 Å². The highest BCUT2D eigenvalue weighted by Crippen LogP contribution is 2.28. The van der Waals surface area contributed by atoms with Crippen LogP contribution in [0.15, 0.2) is 30.3 Å². The maximum atomic E-state index is 12.7. The number of aromatic nitrogens is 2. The molecule has 2 aromatic rings. The average molecular weight is 375 g/mol. The lowest BCUT2D eigenvalue weighted by atomic mass is 10.2. The molecule has 2 rings (SSSR count). The number of aryl methyl sites for hydroxylation is 1. The SMILES string of the molecule is Cc1cc(C(F)(F)F)nn1CC(C)CNC(=O)Nc1cccc(Cl)c1. The van der Waals surface area contributed by atoms with Crippen molar-refractivity contribution in [3.05, 3.63) is 46.7 Å². The number of nitrogens with one attached hydrogen (secondary N) is 2. The fraction of sp³-hybridized carbons (Fsp3) is 0.375. The van der Waals surface area contributed by atoms with Crippen LogP contribution >= 0.6 is 11.6 Å². The minimum Gasteiger partial charge on any atom is -0.338 e. The van der Waals surface area contributed by atoms with E-state index in [1.165, 1.54) is 4.68 Å². The molecule has 1 unspecified atom stereocenters. The molecule has 0 saturated heterocycles. The summed E-state index contributed by atoms with van der Waals surface area (Å²) in [5.74, 6) is -0.107. The van der Waals surface area contributed by atoms with Crippen molar-refractivity contribution < 1.29 is 18.0 Å². The molecule has 1 aromatic heterocycles. The van der Waals surface area contributed by atoms with Crippen molar-refractivity contribution in [1.82, 2.24) is 15.1 Å². The van der Waals surface area contributed by atoms with Gasteiger partial charge in [-0.2, -0.15) is 18.3 Å². The maximum Gasteiger partial charge on any atom is 0.435 e. The largest absolute Gasteiger partial charge is 0.435 e. The number of benzene rings is 1. The molecule has 0 aliphatic rings. The van der Waals surface area contributed by atoms with Gasteiger partial charge in [0.25, 0.3) is 0 Å². The van der Waals surface area contributed by atoms with Crippen molar-refractivity contribution in [3.8, 4) is 0 Å². The Labute approximate surface area is 148 Å². The zero-order valence-electron chi connectivity index (χ0n) is 13.7. The molecule has 25 heavy (non-hydrogen) atoms.